The molecule has 156 valence electrons. The molecule has 1 aliphatic heterocycles. The van der Waals surface area contributed by atoms with Crippen LogP contribution in [-0.4, -0.2) is 16.0 Å². The lowest BCUT2D eigenvalue weighted by Gasteiger charge is -2.12. The van der Waals surface area contributed by atoms with Gasteiger partial charge in [0.2, 0.25) is 0 Å². The fourth-order valence-electron chi connectivity index (χ4n) is 3.11. The van der Waals surface area contributed by atoms with Crippen LogP contribution in [0, 0.1) is 12.7 Å². The summed E-state index contributed by atoms with van der Waals surface area (Å²) in [5.74, 6) is 0.0345. The van der Waals surface area contributed by atoms with Gasteiger partial charge < -0.3 is 4.74 Å². The van der Waals surface area contributed by atoms with Gasteiger partial charge in [-0.3, -0.25) is 14.5 Å². The van der Waals surface area contributed by atoms with E-state index >= 15 is 0 Å². The van der Waals surface area contributed by atoms with Gasteiger partial charge in [0.1, 0.15) is 18.2 Å². The molecule has 0 unspecified atom stereocenters. The maximum atomic E-state index is 13.0. The van der Waals surface area contributed by atoms with Gasteiger partial charge in [0.05, 0.1) is 11.4 Å². The van der Waals surface area contributed by atoms with Crippen molar-refractivity contribution < 1.29 is 18.7 Å². The molecule has 1 heterocycles. The van der Waals surface area contributed by atoms with Crippen LogP contribution in [0.3, 0.4) is 0 Å². The van der Waals surface area contributed by atoms with Gasteiger partial charge in [-0.2, -0.15) is 0 Å². The van der Waals surface area contributed by atoms with Gasteiger partial charge in [0, 0.05) is 0 Å². The Morgan fingerprint density at radius 1 is 0.968 bits per heavy atom. The zero-order valence-electron chi connectivity index (χ0n) is 16.9. The van der Waals surface area contributed by atoms with Crippen LogP contribution in [0.5, 0.6) is 5.75 Å². The number of aryl methyl sites for hydroxylation is 1. The predicted molar refractivity (Wildman–Crippen MR) is 120 cm³/mol. The number of imide groups is 1. The van der Waals surface area contributed by atoms with Crippen LogP contribution in [0.15, 0.2) is 77.7 Å². The third-order valence-corrected chi connectivity index (χ3v) is 5.72. The molecule has 1 aliphatic rings. The number of rotatable bonds is 6. The highest BCUT2D eigenvalue weighted by atomic mass is 32.2. The van der Waals surface area contributed by atoms with Crippen molar-refractivity contribution in [2.45, 2.75) is 20.1 Å². The summed E-state index contributed by atoms with van der Waals surface area (Å²) in [6.45, 7) is 2.55. The van der Waals surface area contributed by atoms with Gasteiger partial charge in [-0.25, -0.2) is 4.39 Å². The van der Waals surface area contributed by atoms with Gasteiger partial charge >= 0.3 is 0 Å². The number of hydrogen-bond acceptors (Lipinski definition) is 4. The van der Waals surface area contributed by atoms with E-state index in [4.69, 9.17) is 4.74 Å². The van der Waals surface area contributed by atoms with E-state index in [-0.39, 0.29) is 23.5 Å². The number of ether oxygens (including phenoxy) is 1. The van der Waals surface area contributed by atoms with Gasteiger partial charge in [-0.1, -0.05) is 54.1 Å². The van der Waals surface area contributed by atoms with Gasteiger partial charge in [-0.15, -0.1) is 0 Å². The molecule has 6 heteroatoms. The molecule has 2 amide bonds. The van der Waals surface area contributed by atoms with Crippen LogP contribution in [0.1, 0.15) is 22.3 Å². The zero-order valence-corrected chi connectivity index (χ0v) is 17.7. The Bertz CT molecular complexity index is 1140. The van der Waals surface area contributed by atoms with Crippen molar-refractivity contribution in [3.8, 4) is 5.75 Å². The highest BCUT2D eigenvalue weighted by Gasteiger charge is 2.34. The Kier molecular flexibility index (Phi) is 6.18. The Labute approximate surface area is 184 Å². The molecule has 4 nitrogen and oxygen atoms in total. The summed E-state index contributed by atoms with van der Waals surface area (Å²) in [5.41, 5.74) is 3.64. The van der Waals surface area contributed by atoms with E-state index in [0.29, 0.717) is 17.3 Å². The lowest BCUT2D eigenvalue weighted by molar-refractivity contribution is -0.123. The summed E-state index contributed by atoms with van der Waals surface area (Å²) in [6, 6.07) is 21.2. The second-order valence-corrected chi connectivity index (χ2v) is 8.23. The molecular formula is C25H20FNO3S. The summed E-state index contributed by atoms with van der Waals surface area (Å²) >= 11 is 0.939. The van der Waals surface area contributed by atoms with Crippen LogP contribution in [-0.2, 0) is 17.9 Å². The zero-order chi connectivity index (χ0) is 21.8. The molecule has 31 heavy (non-hydrogen) atoms. The molecule has 0 atom stereocenters. The number of hydrogen-bond donors (Lipinski definition) is 0. The highest BCUT2D eigenvalue weighted by molar-refractivity contribution is 8.18. The minimum atomic E-state index is -0.298. The first-order valence-electron chi connectivity index (χ1n) is 9.76. The fraction of sp³-hybridized carbons (Fsp3) is 0.120. The smallest absolute Gasteiger partial charge is 0.293 e. The van der Waals surface area contributed by atoms with E-state index in [0.717, 1.165) is 34.0 Å². The number of halogens is 1. The van der Waals surface area contributed by atoms with Crippen molar-refractivity contribution in [1.82, 2.24) is 4.90 Å². The average Bonchev–Trinajstić information content (AvgIpc) is 3.02. The number of amides is 2. The predicted octanol–water partition coefficient (Wildman–Crippen LogP) is 5.95. The van der Waals surface area contributed by atoms with Crippen molar-refractivity contribution in [3.05, 3.63) is 106 Å². The molecule has 1 saturated heterocycles. The van der Waals surface area contributed by atoms with Crippen LogP contribution in [0.4, 0.5) is 9.18 Å². The van der Waals surface area contributed by atoms with Crippen molar-refractivity contribution in [3.63, 3.8) is 0 Å². The number of carbonyl (C=O) groups is 2. The number of benzene rings is 3. The average molecular weight is 434 g/mol. The Hall–Kier alpha value is -3.38. The SMILES string of the molecule is Cc1ccc(CN2C(=O)S/C(=C\c3cccc(OCc4ccc(F)cc4)c3)C2=O)cc1. The van der Waals surface area contributed by atoms with Crippen molar-refractivity contribution in [2.75, 3.05) is 0 Å². The summed E-state index contributed by atoms with van der Waals surface area (Å²) in [5, 5.41) is -0.277. The fourth-order valence-corrected chi connectivity index (χ4v) is 3.94. The number of thioether (sulfide) groups is 1. The van der Waals surface area contributed by atoms with Crippen LogP contribution in [0.25, 0.3) is 6.08 Å². The van der Waals surface area contributed by atoms with Gasteiger partial charge in [0.15, 0.2) is 0 Å². The van der Waals surface area contributed by atoms with E-state index in [1.165, 1.54) is 17.0 Å². The van der Waals surface area contributed by atoms with Crippen molar-refractivity contribution in [2.24, 2.45) is 0 Å². The maximum Gasteiger partial charge on any atom is 0.293 e. The molecule has 0 spiro atoms. The van der Waals surface area contributed by atoms with Gasteiger partial charge in [-0.05, 0) is 65.7 Å². The van der Waals surface area contributed by atoms with E-state index < -0.39 is 0 Å². The molecule has 0 aromatic heterocycles. The van der Waals surface area contributed by atoms with Gasteiger partial charge in [0.25, 0.3) is 11.1 Å². The van der Waals surface area contributed by atoms with Crippen molar-refractivity contribution >= 4 is 29.0 Å². The summed E-state index contributed by atoms with van der Waals surface area (Å²) in [6.07, 6.45) is 1.70. The van der Waals surface area contributed by atoms with E-state index in [9.17, 15) is 14.0 Å². The molecule has 0 N–H and O–H groups in total. The minimum absolute atomic E-state index is 0.253. The molecule has 3 aromatic rings. The van der Waals surface area contributed by atoms with E-state index in [1.54, 1.807) is 24.3 Å². The maximum absolute atomic E-state index is 13.0. The Morgan fingerprint density at radius 3 is 2.42 bits per heavy atom. The number of nitrogens with zero attached hydrogens (tertiary/aromatic N) is 1. The summed E-state index contributed by atoms with van der Waals surface area (Å²) in [7, 11) is 0. The molecule has 0 aliphatic carbocycles. The second kappa shape index (κ2) is 9.18. The molecule has 0 saturated carbocycles. The van der Waals surface area contributed by atoms with Crippen LogP contribution in [0.2, 0.25) is 0 Å². The Balaban J connectivity index is 1.44. The number of carbonyl (C=O) groups excluding carboxylic acids is 2. The summed E-state index contributed by atoms with van der Waals surface area (Å²) in [4.78, 5) is 26.8. The highest BCUT2D eigenvalue weighted by Crippen LogP contribution is 2.33. The standard InChI is InChI=1S/C25H20FNO3S/c1-17-5-7-18(8-6-17)15-27-24(28)23(31-25(27)29)14-20-3-2-4-22(13-20)30-16-19-9-11-21(26)12-10-19/h2-14H,15-16H2,1H3/b23-14-. The largest absolute Gasteiger partial charge is 0.489 e. The third kappa shape index (κ3) is 5.22. The van der Waals surface area contributed by atoms with Crippen LogP contribution < -0.4 is 4.74 Å². The Morgan fingerprint density at radius 2 is 1.68 bits per heavy atom. The monoisotopic (exact) mass is 433 g/mol. The van der Waals surface area contributed by atoms with E-state index in [1.807, 2.05) is 49.4 Å². The topological polar surface area (TPSA) is 46.6 Å². The first-order valence-corrected chi connectivity index (χ1v) is 10.6. The lowest BCUT2D eigenvalue weighted by atomic mass is 10.1. The molecular weight excluding hydrogens is 413 g/mol. The third-order valence-electron chi connectivity index (χ3n) is 4.81. The molecule has 0 bridgehead atoms. The summed E-state index contributed by atoms with van der Waals surface area (Å²) < 4.78 is 18.8. The molecule has 0 radical (unpaired) electrons. The second-order valence-electron chi connectivity index (χ2n) is 7.24. The minimum Gasteiger partial charge on any atom is -0.489 e. The normalized spacial score (nSPS) is 15.0. The first-order chi connectivity index (χ1) is 15.0. The first kappa shape index (κ1) is 20.9. The van der Waals surface area contributed by atoms with Crippen molar-refractivity contribution in [1.29, 1.82) is 0 Å². The molecule has 1 fully saturated rings. The van der Waals surface area contributed by atoms with E-state index in [2.05, 4.69) is 0 Å². The lowest BCUT2D eigenvalue weighted by Crippen LogP contribution is -2.27. The van der Waals surface area contributed by atoms with Crippen LogP contribution >= 0.6 is 11.8 Å². The molecule has 3 aromatic carbocycles. The quantitative estimate of drug-likeness (QED) is 0.451. The molecule has 4 rings (SSSR count).